The number of halogens is 1. The molecule has 0 spiro atoms. The van der Waals surface area contributed by atoms with Crippen molar-refractivity contribution in [3.05, 3.63) is 64.1 Å². The van der Waals surface area contributed by atoms with Gasteiger partial charge in [-0.15, -0.1) is 0 Å². The largest absolute Gasteiger partial charge is 0.364 e. The van der Waals surface area contributed by atoms with Crippen molar-refractivity contribution in [1.82, 2.24) is 4.98 Å². The molecule has 0 saturated carbocycles. The van der Waals surface area contributed by atoms with E-state index in [1.54, 1.807) is 0 Å². The summed E-state index contributed by atoms with van der Waals surface area (Å²) in [5, 5.41) is 20.3. The van der Waals surface area contributed by atoms with Crippen LogP contribution in [0.4, 0.5) is 0 Å². The van der Waals surface area contributed by atoms with E-state index in [1.807, 2.05) is 55.5 Å². The summed E-state index contributed by atoms with van der Waals surface area (Å²) in [7, 11) is 0. The second-order valence-corrected chi connectivity index (χ2v) is 5.82. The molecule has 0 amide bonds. The van der Waals surface area contributed by atoms with Crippen molar-refractivity contribution < 1.29 is 10.2 Å². The van der Waals surface area contributed by atoms with E-state index in [0.717, 1.165) is 32.2 Å². The van der Waals surface area contributed by atoms with Crippen LogP contribution in [-0.4, -0.2) is 15.2 Å². The molecule has 4 heteroatoms. The van der Waals surface area contributed by atoms with Crippen LogP contribution in [0, 0.1) is 6.92 Å². The minimum atomic E-state index is -1.53. The molecule has 1 heterocycles. The van der Waals surface area contributed by atoms with Crippen molar-refractivity contribution in [2.45, 2.75) is 13.2 Å². The maximum atomic E-state index is 9.78. The van der Waals surface area contributed by atoms with Gasteiger partial charge in [-0.3, -0.25) is 0 Å². The predicted molar refractivity (Wildman–Crippen MR) is 86.8 cm³/mol. The van der Waals surface area contributed by atoms with Crippen molar-refractivity contribution in [3.63, 3.8) is 0 Å². The molecule has 0 bridgehead atoms. The smallest absolute Gasteiger partial charge is 0.179 e. The van der Waals surface area contributed by atoms with Crippen LogP contribution < -0.4 is 0 Å². The first kappa shape index (κ1) is 14.2. The highest BCUT2D eigenvalue weighted by Gasteiger charge is 2.17. The fourth-order valence-electron chi connectivity index (χ4n) is 2.57. The minimum absolute atomic E-state index is 0.500. The molecule has 1 aromatic heterocycles. The summed E-state index contributed by atoms with van der Waals surface area (Å²) in [4.78, 5) is 4.69. The van der Waals surface area contributed by atoms with E-state index >= 15 is 0 Å². The Morgan fingerprint density at radius 1 is 1.05 bits per heavy atom. The van der Waals surface area contributed by atoms with Gasteiger partial charge in [0, 0.05) is 21.0 Å². The number of aliphatic hydroxyl groups excluding tert-OH is 1. The Labute approximate surface area is 131 Å². The first-order valence-electron chi connectivity index (χ1n) is 6.59. The number of rotatable bonds is 2. The molecule has 3 nitrogen and oxygen atoms in total. The van der Waals surface area contributed by atoms with E-state index in [4.69, 9.17) is 0 Å². The first-order valence-corrected chi connectivity index (χ1v) is 7.38. The number of fused-ring (bicyclic) bond motifs is 1. The molecule has 0 fully saturated rings. The summed E-state index contributed by atoms with van der Waals surface area (Å²) in [5.74, 6) is 0. The van der Waals surface area contributed by atoms with Gasteiger partial charge in [-0.2, -0.15) is 0 Å². The Balaban J connectivity index is 2.38. The number of aromatic nitrogens is 1. The molecule has 106 valence electrons. The topological polar surface area (TPSA) is 53.4 Å². The normalized spacial score (nSPS) is 11.3. The van der Waals surface area contributed by atoms with Crippen molar-refractivity contribution in [1.29, 1.82) is 0 Å². The van der Waals surface area contributed by atoms with Gasteiger partial charge in [-0.1, -0.05) is 46.3 Å². The Kier molecular flexibility index (Phi) is 3.76. The van der Waals surface area contributed by atoms with Crippen LogP contribution in [0.5, 0.6) is 0 Å². The van der Waals surface area contributed by atoms with Crippen molar-refractivity contribution in [2.75, 3.05) is 0 Å². The molecule has 0 aliphatic heterocycles. The van der Waals surface area contributed by atoms with Gasteiger partial charge in [0.05, 0.1) is 11.2 Å². The van der Waals surface area contributed by atoms with Gasteiger partial charge in [0.15, 0.2) is 6.29 Å². The van der Waals surface area contributed by atoms with E-state index < -0.39 is 6.29 Å². The Hall–Kier alpha value is -1.75. The molecule has 0 aliphatic carbocycles. The molecule has 2 aromatic carbocycles. The SMILES string of the molecule is Cc1c(-c2ccccc2)nc2ccc(Br)cc2c1C(O)O. The number of nitrogens with zero attached hydrogens (tertiary/aromatic N) is 1. The maximum Gasteiger partial charge on any atom is 0.179 e. The van der Waals surface area contributed by atoms with Crippen LogP contribution >= 0.6 is 15.9 Å². The van der Waals surface area contributed by atoms with E-state index in [9.17, 15) is 10.2 Å². The molecular formula is C17H14BrNO2. The number of aliphatic hydroxyl groups is 2. The summed E-state index contributed by atoms with van der Waals surface area (Å²) < 4.78 is 0.880. The Bertz CT molecular complexity index is 801. The van der Waals surface area contributed by atoms with Crippen molar-refractivity contribution >= 4 is 26.8 Å². The average molecular weight is 344 g/mol. The van der Waals surface area contributed by atoms with E-state index in [1.165, 1.54) is 0 Å². The van der Waals surface area contributed by atoms with E-state index in [0.29, 0.717) is 5.56 Å². The molecule has 3 aromatic rings. The third-order valence-electron chi connectivity index (χ3n) is 3.55. The van der Waals surface area contributed by atoms with Crippen LogP contribution in [0.3, 0.4) is 0 Å². The maximum absolute atomic E-state index is 9.78. The Morgan fingerprint density at radius 3 is 2.43 bits per heavy atom. The fraction of sp³-hybridized carbons (Fsp3) is 0.118. The van der Waals surface area contributed by atoms with Gasteiger partial charge in [0.1, 0.15) is 0 Å². The summed E-state index contributed by atoms with van der Waals surface area (Å²) in [5.41, 5.74) is 3.75. The lowest BCUT2D eigenvalue weighted by atomic mass is 9.97. The van der Waals surface area contributed by atoms with E-state index in [2.05, 4.69) is 20.9 Å². The first-order chi connectivity index (χ1) is 10.1. The molecule has 0 aliphatic rings. The molecule has 21 heavy (non-hydrogen) atoms. The summed E-state index contributed by atoms with van der Waals surface area (Å²) >= 11 is 3.41. The second kappa shape index (κ2) is 5.56. The molecule has 0 saturated heterocycles. The van der Waals surface area contributed by atoms with Crippen LogP contribution in [0.25, 0.3) is 22.2 Å². The van der Waals surface area contributed by atoms with Gasteiger partial charge in [0.2, 0.25) is 0 Å². The standard InChI is InChI=1S/C17H14BrNO2/c1-10-15(17(20)21)13-9-12(18)7-8-14(13)19-16(10)11-5-3-2-4-6-11/h2-9,17,20-21H,1H3. The second-order valence-electron chi connectivity index (χ2n) is 4.90. The van der Waals surface area contributed by atoms with E-state index in [-0.39, 0.29) is 0 Å². The quantitative estimate of drug-likeness (QED) is 0.692. The average Bonchev–Trinajstić information content (AvgIpc) is 2.47. The van der Waals surface area contributed by atoms with Gasteiger partial charge >= 0.3 is 0 Å². The zero-order valence-electron chi connectivity index (χ0n) is 11.4. The highest BCUT2D eigenvalue weighted by Crippen LogP contribution is 2.33. The van der Waals surface area contributed by atoms with Crippen molar-refractivity contribution in [2.24, 2.45) is 0 Å². The molecule has 2 N–H and O–H groups in total. The number of hydrogen-bond donors (Lipinski definition) is 2. The number of benzene rings is 2. The molecule has 3 rings (SSSR count). The Morgan fingerprint density at radius 2 is 1.76 bits per heavy atom. The molecule has 0 radical (unpaired) electrons. The third-order valence-corrected chi connectivity index (χ3v) is 4.04. The van der Waals surface area contributed by atoms with Crippen LogP contribution in [0.15, 0.2) is 53.0 Å². The zero-order valence-corrected chi connectivity index (χ0v) is 13.0. The lowest BCUT2D eigenvalue weighted by molar-refractivity contribution is -0.0417. The highest BCUT2D eigenvalue weighted by molar-refractivity contribution is 9.10. The van der Waals surface area contributed by atoms with Gasteiger partial charge < -0.3 is 10.2 Å². The van der Waals surface area contributed by atoms with Crippen molar-refractivity contribution in [3.8, 4) is 11.3 Å². The van der Waals surface area contributed by atoms with Crippen LogP contribution in [0.2, 0.25) is 0 Å². The predicted octanol–water partition coefficient (Wildman–Crippen LogP) is 3.96. The van der Waals surface area contributed by atoms with Crippen LogP contribution in [0.1, 0.15) is 17.4 Å². The summed E-state index contributed by atoms with van der Waals surface area (Å²) in [6.45, 7) is 1.87. The minimum Gasteiger partial charge on any atom is -0.364 e. The van der Waals surface area contributed by atoms with Gasteiger partial charge in [0.25, 0.3) is 0 Å². The van der Waals surface area contributed by atoms with Gasteiger partial charge in [-0.25, -0.2) is 4.98 Å². The molecule has 0 unspecified atom stereocenters. The highest BCUT2D eigenvalue weighted by atomic mass is 79.9. The summed E-state index contributed by atoms with van der Waals surface area (Å²) in [6, 6.07) is 15.4. The third kappa shape index (κ3) is 2.58. The molecular weight excluding hydrogens is 330 g/mol. The number of hydrogen-bond acceptors (Lipinski definition) is 3. The molecule has 0 atom stereocenters. The monoisotopic (exact) mass is 343 g/mol. The van der Waals surface area contributed by atoms with Gasteiger partial charge in [-0.05, 0) is 30.7 Å². The lowest BCUT2D eigenvalue weighted by Crippen LogP contribution is -2.03. The number of pyridine rings is 1. The lowest BCUT2D eigenvalue weighted by Gasteiger charge is -2.16. The fourth-order valence-corrected chi connectivity index (χ4v) is 2.93. The summed E-state index contributed by atoms with van der Waals surface area (Å²) in [6.07, 6.45) is -1.53. The van der Waals surface area contributed by atoms with Crippen LogP contribution in [-0.2, 0) is 0 Å². The zero-order chi connectivity index (χ0) is 15.0.